The van der Waals surface area contributed by atoms with Gasteiger partial charge >= 0.3 is 12.0 Å². The van der Waals surface area contributed by atoms with Crippen molar-refractivity contribution < 1.29 is 63.5 Å². The van der Waals surface area contributed by atoms with Crippen molar-refractivity contribution >= 4 is 17.7 Å². The largest absolute Gasteiger partial charge is 0.459 e. The van der Waals surface area contributed by atoms with E-state index in [1.54, 1.807) is 62.7 Å². The fourth-order valence-corrected chi connectivity index (χ4v) is 11.8. The maximum Gasteiger partial charge on any atom is 0.324 e. The van der Waals surface area contributed by atoms with Crippen LogP contribution in [0.5, 0.6) is 0 Å². The number of carbonyl (C=O) groups excluding carboxylic acids is 2. The van der Waals surface area contributed by atoms with Crippen molar-refractivity contribution in [1.29, 1.82) is 0 Å². The topological polar surface area (TPSA) is 212 Å². The molecule has 0 radical (unpaired) electrons. The lowest BCUT2D eigenvalue weighted by Crippen LogP contribution is -2.70. The van der Waals surface area contributed by atoms with Gasteiger partial charge in [0, 0.05) is 64.9 Å². The first kappa shape index (κ1) is 57.0. The van der Waals surface area contributed by atoms with E-state index in [2.05, 4.69) is 22.3 Å². The molecule has 3 fully saturated rings. The zero-order valence-corrected chi connectivity index (χ0v) is 44.5. The van der Waals surface area contributed by atoms with Crippen LogP contribution in [0.25, 0.3) is 0 Å². The van der Waals surface area contributed by atoms with Gasteiger partial charge in [0.05, 0.1) is 42.0 Å². The lowest BCUT2D eigenvalue weighted by atomic mass is 9.74. The van der Waals surface area contributed by atoms with E-state index in [1.807, 2.05) is 63.2 Å². The number of hydrogen-bond donors (Lipinski definition) is 6. The number of ether oxygens (including phenoxy) is 6. The van der Waals surface area contributed by atoms with E-state index in [-0.39, 0.29) is 37.8 Å². The molecule has 17 heteroatoms. The van der Waals surface area contributed by atoms with Crippen molar-refractivity contribution in [3.8, 4) is 0 Å². The minimum atomic E-state index is -1.87. The Morgan fingerprint density at radius 1 is 0.901 bits per heavy atom. The number of methoxy groups -OCH3 is 1. The van der Waals surface area contributed by atoms with Crippen LogP contribution in [0.3, 0.4) is 0 Å². The van der Waals surface area contributed by atoms with Crippen LogP contribution in [0.1, 0.15) is 106 Å². The maximum atomic E-state index is 14.7. The number of urea groups is 1. The fourth-order valence-electron chi connectivity index (χ4n) is 11.8. The maximum absolute atomic E-state index is 14.7. The number of esters is 1. The molecule has 0 spiro atoms. The number of nitrogens with one attached hydrogen (secondary N) is 1. The molecule has 4 heterocycles. The molecule has 0 aliphatic carbocycles. The fraction of sp³-hybridized carbons (Fsp3) is 0.741. The van der Waals surface area contributed by atoms with Gasteiger partial charge in [-0.3, -0.25) is 14.6 Å². The zero-order chi connectivity index (χ0) is 52.4. The molecular formula is C54H86N4O13. The summed E-state index contributed by atoms with van der Waals surface area (Å²) in [6.07, 6.45) is -8.49. The number of para-hydroxylation sites is 1. The Morgan fingerprint density at radius 3 is 2.20 bits per heavy atom. The lowest BCUT2D eigenvalue weighted by molar-refractivity contribution is -0.339. The van der Waals surface area contributed by atoms with Gasteiger partial charge in [0.1, 0.15) is 35.1 Å². The molecule has 0 aromatic heterocycles. The molecule has 2 amide bonds. The van der Waals surface area contributed by atoms with Crippen LogP contribution in [-0.2, 0) is 46.2 Å². The Bertz CT molecular complexity index is 2070. The van der Waals surface area contributed by atoms with Gasteiger partial charge in [0.2, 0.25) is 0 Å². The molecule has 3 saturated heterocycles. The molecular weight excluding hydrogens is 913 g/mol. The molecule has 2 aromatic carbocycles. The third-order valence-electron chi connectivity index (χ3n) is 16.4. The van der Waals surface area contributed by atoms with Gasteiger partial charge in [0.25, 0.3) is 0 Å². The number of benzene rings is 2. The number of aliphatic hydroxyl groups is 5. The number of rotatable bonds is 10. The number of anilines is 1. The van der Waals surface area contributed by atoms with Crippen LogP contribution in [0.2, 0.25) is 0 Å². The van der Waals surface area contributed by atoms with Gasteiger partial charge in [-0.15, -0.1) is 0 Å². The van der Waals surface area contributed by atoms with Crippen LogP contribution in [0, 0.1) is 17.8 Å². The Morgan fingerprint density at radius 2 is 1.55 bits per heavy atom. The predicted molar refractivity (Wildman–Crippen MR) is 268 cm³/mol. The third kappa shape index (κ3) is 12.3. The molecule has 17 nitrogen and oxygen atoms in total. The summed E-state index contributed by atoms with van der Waals surface area (Å²) < 4.78 is 39.3. The zero-order valence-electron chi connectivity index (χ0n) is 44.5. The first-order chi connectivity index (χ1) is 33.3. The van der Waals surface area contributed by atoms with Gasteiger partial charge in [-0.1, -0.05) is 63.2 Å². The van der Waals surface area contributed by atoms with Crippen LogP contribution < -0.4 is 10.2 Å². The van der Waals surface area contributed by atoms with Gasteiger partial charge in [-0.2, -0.15) is 0 Å². The second-order valence-corrected chi connectivity index (χ2v) is 22.1. The summed E-state index contributed by atoms with van der Waals surface area (Å²) in [5, 5.41) is 64.5. The Kier molecular flexibility index (Phi) is 18.5. The molecule has 400 valence electrons. The monoisotopic (exact) mass is 999 g/mol. The van der Waals surface area contributed by atoms with E-state index >= 15 is 0 Å². The summed E-state index contributed by atoms with van der Waals surface area (Å²) in [7, 11) is 4.85. The van der Waals surface area contributed by atoms with Crippen LogP contribution in [0.15, 0.2) is 54.6 Å². The standard InChI is InChI=1S/C54H86N4O13/c1-14-42-53(10,64)46(60)36(6)55-29-32(2)27-51(8,63)47(71-49-44(59)41(26-33(3)67-49)57(12)50(62)56(11)40-22-16-15-17-23-40)34(4)45(35(5)48(61)69-42)70-43-28-52(9,66-13)54(65,37(7)68-43)31-58-25-24-38-20-18-19-21-39(38)30-58/h15-23,32-37,41-47,49,55,59-60,63-65H,14,24-31H2,1-13H3/t32-,33-,34+,35-,36-,37+,41+,42-,43+,44-,45+,46-,47-,49+,51-,52-,53-,54+/m1/s1. The third-order valence-corrected chi connectivity index (χ3v) is 16.4. The van der Waals surface area contributed by atoms with Crippen LogP contribution >= 0.6 is 0 Å². The highest BCUT2D eigenvalue weighted by molar-refractivity contribution is 5.91. The van der Waals surface area contributed by atoms with Gasteiger partial charge in [-0.25, -0.2) is 4.79 Å². The molecule has 6 N–H and O–H groups in total. The highest BCUT2D eigenvalue weighted by Gasteiger charge is 2.59. The second-order valence-electron chi connectivity index (χ2n) is 22.1. The lowest BCUT2D eigenvalue weighted by Gasteiger charge is -2.55. The Balaban J connectivity index is 1.36. The van der Waals surface area contributed by atoms with E-state index in [0.29, 0.717) is 25.2 Å². The minimum Gasteiger partial charge on any atom is -0.459 e. The Labute approximate surface area is 422 Å². The summed E-state index contributed by atoms with van der Waals surface area (Å²) in [5.74, 6) is -2.99. The van der Waals surface area contributed by atoms with Crippen molar-refractivity contribution in [3.05, 3.63) is 65.7 Å². The van der Waals surface area contributed by atoms with E-state index in [0.717, 1.165) is 13.0 Å². The molecule has 6 rings (SSSR count). The number of likely N-dealkylation sites (N-methyl/N-ethyl adjacent to an activating group) is 1. The van der Waals surface area contributed by atoms with Gasteiger partial charge in [-0.05, 0) is 110 Å². The first-order valence-electron chi connectivity index (χ1n) is 25.8. The van der Waals surface area contributed by atoms with Crippen molar-refractivity contribution in [2.75, 3.05) is 45.7 Å². The number of cyclic esters (lactones) is 1. The number of nitrogens with zero attached hydrogens (tertiary/aromatic N) is 3. The number of amides is 2. The van der Waals surface area contributed by atoms with E-state index in [4.69, 9.17) is 28.4 Å². The summed E-state index contributed by atoms with van der Waals surface area (Å²) in [6, 6.07) is 15.7. The minimum absolute atomic E-state index is 0.0438. The average molecular weight is 999 g/mol. The molecule has 2 aromatic rings. The summed E-state index contributed by atoms with van der Waals surface area (Å²) in [6.45, 7) is 19.4. The normalized spacial score (nSPS) is 41.2. The van der Waals surface area contributed by atoms with Crippen LogP contribution in [-0.4, -0.2) is 178 Å². The average Bonchev–Trinajstić information content (AvgIpc) is 3.34. The quantitative estimate of drug-likeness (QED) is 0.180. The highest BCUT2D eigenvalue weighted by Crippen LogP contribution is 2.44. The molecule has 4 aliphatic heterocycles. The van der Waals surface area contributed by atoms with E-state index in [1.165, 1.54) is 27.9 Å². The van der Waals surface area contributed by atoms with Crippen molar-refractivity contribution in [2.24, 2.45) is 17.8 Å². The number of carbonyl (C=O) groups is 2. The number of hydrogen-bond acceptors (Lipinski definition) is 15. The summed E-state index contributed by atoms with van der Waals surface area (Å²) in [4.78, 5) is 33.8. The number of fused-ring (bicyclic) bond motifs is 1. The number of aliphatic hydroxyl groups excluding tert-OH is 2. The SMILES string of the molecule is CC[C@H]1OC(=O)[C@H](C)[C@@H](O[C@H]2C[C@@](C)(OC)[C@](O)(CN3CCc4ccccc4C3)[C@H](C)O2)[C@H](C)[C@@H](O[C@@H]2O[C@H](C)C[C@H](N(C)C(=O)N(C)c3ccccc3)[C@H]2O)[C@](C)(O)C[C@@H](C)CN[C@H](C)[C@@H](O)[C@]1(C)O. The summed E-state index contributed by atoms with van der Waals surface area (Å²) >= 11 is 0. The number of β-amino-alcohol motifs (C(OH)–C–C–N with tert-alkyl or cyclic N) is 1. The molecule has 71 heavy (non-hydrogen) atoms. The smallest absolute Gasteiger partial charge is 0.324 e. The predicted octanol–water partition coefficient (Wildman–Crippen LogP) is 4.61. The van der Waals surface area contributed by atoms with Gasteiger partial charge in [0.15, 0.2) is 12.6 Å². The van der Waals surface area contributed by atoms with E-state index < -0.39 is 108 Å². The van der Waals surface area contributed by atoms with E-state index in [9.17, 15) is 35.1 Å². The molecule has 0 unspecified atom stereocenters. The van der Waals surface area contributed by atoms with Crippen LogP contribution in [0.4, 0.5) is 10.5 Å². The highest BCUT2D eigenvalue weighted by atomic mass is 16.7. The molecule has 0 bridgehead atoms. The van der Waals surface area contributed by atoms with Crippen molar-refractivity contribution in [1.82, 2.24) is 15.1 Å². The Hall–Kier alpha value is -3.30. The van der Waals surface area contributed by atoms with Crippen molar-refractivity contribution in [2.45, 2.75) is 198 Å². The van der Waals surface area contributed by atoms with Gasteiger partial charge < -0.3 is 64.2 Å². The molecule has 18 atom stereocenters. The second kappa shape index (κ2) is 23.1. The molecule has 4 aliphatic rings. The van der Waals surface area contributed by atoms with Crippen molar-refractivity contribution in [3.63, 3.8) is 0 Å². The summed E-state index contributed by atoms with van der Waals surface area (Å²) in [5.41, 5.74) is -3.13. The first-order valence-corrected chi connectivity index (χ1v) is 25.8. The molecule has 0 saturated carbocycles.